The van der Waals surface area contributed by atoms with Gasteiger partial charge >= 0.3 is 0 Å². The van der Waals surface area contributed by atoms with E-state index in [0.29, 0.717) is 12.2 Å². The van der Waals surface area contributed by atoms with Gasteiger partial charge in [0.25, 0.3) is 0 Å². The summed E-state index contributed by atoms with van der Waals surface area (Å²) in [5, 5.41) is 12.1. The lowest BCUT2D eigenvalue weighted by Gasteiger charge is -2.12. The quantitative estimate of drug-likeness (QED) is 0.805. The molecule has 0 spiro atoms. The SMILES string of the molecule is CCc1ccc(-n2nnnc2CSC(CC)CC(N)=O)cc1. The van der Waals surface area contributed by atoms with Gasteiger partial charge < -0.3 is 5.73 Å². The Kier molecular flexibility index (Phi) is 5.94. The van der Waals surface area contributed by atoms with Crippen LogP contribution in [0.5, 0.6) is 0 Å². The van der Waals surface area contributed by atoms with Crippen molar-refractivity contribution in [2.45, 2.75) is 44.1 Å². The van der Waals surface area contributed by atoms with Crippen molar-refractivity contribution in [2.75, 3.05) is 0 Å². The zero-order chi connectivity index (χ0) is 15.9. The zero-order valence-electron chi connectivity index (χ0n) is 12.9. The van der Waals surface area contributed by atoms with E-state index in [0.717, 1.165) is 24.4 Å². The number of carbonyl (C=O) groups excluding carboxylic acids is 1. The van der Waals surface area contributed by atoms with Crippen LogP contribution in [0.4, 0.5) is 0 Å². The normalized spacial score (nSPS) is 12.3. The Bertz CT molecular complexity index is 611. The lowest BCUT2D eigenvalue weighted by Crippen LogP contribution is -2.17. The fourth-order valence-corrected chi connectivity index (χ4v) is 3.19. The van der Waals surface area contributed by atoms with Gasteiger partial charge in [0.2, 0.25) is 5.91 Å². The van der Waals surface area contributed by atoms with Crippen LogP contribution in [0.15, 0.2) is 24.3 Å². The lowest BCUT2D eigenvalue weighted by atomic mass is 10.1. The summed E-state index contributed by atoms with van der Waals surface area (Å²) in [5.74, 6) is 1.15. The van der Waals surface area contributed by atoms with Gasteiger partial charge in [-0.05, 0) is 41.0 Å². The van der Waals surface area contributed by atoms with E-state index in [1.807, 2.05) is 19.1 Å². The van der Waals surface area contributed by atoms with Crippen molar-refractivity contribution in [3.8, 4) is 5.69 Å². The first-order valence-electron chi connectivity index (χ1n) is 7.40. The number of hydrogen-bond donors (Lipinski definition) is 1. The fraction of sp³-hybridized carbons (Fsp3) is 0.467. The maximum atomic E-state index is 11.0. The zero-order valence-corrected chi connectivity index (χ0v) is 13.7. The number of aromatic nitrogens is 4. The topological polar surface area (TPSA) is 86.7 Å². The number of nitrogens with zero attached hydrogens (tertiary/aromatic N) is 4. The van der Waals surface area contributed by atoms with E-state index in [1.54, 1.807) is 16.4 Å². The van der Waals surface area contributed by atoms with E-state index >= 15 is 0 Å². The third-order valence-electron chi connectivity index (χ3n) is 3.46. The number of carbonyl (C=O) groups is 1. The summed E-state index contributed by atoms with van der Waals surface area (Å²) in [6, 6.07) is 8.19. The molecule has 7 heteroatoms. The molecule has 0 fully saturated rings. The third-order valence-corrected chi connectivity index (χ3v) is 4.85. The molecule has 1 amide bonds. The number of benzene rings is 1. The minimum Gasteiger partial charge on any atom is -0.370 e. The third kappa shape index (κ3) is 4.30. The van der Waals surface area contributed by atoms with Gasteiger partial charge in [0.15, 0.2) is 5.82 Å². The van der Waals surface area contributed by atoms with E-state index in [2.05, 4.69) is 34.6 Å². The van der Waals surface area contributed by atoms with Crippen molar-refractivity contribution in [2.24, 2.45) is 5.73 Å². The molecule has 0 bridgehead atoms. The van der Waals surface area contributed by atoms with Crippen LogP contribution >= 0.6 is 11.8 Å². The molecule has 1 heterocycles. The number of primary amides is 1. The number of nitrogens with two attached hydrogens (primary N) is 1. The first kappa shape index (κ1) is 16.5. The van der Waals surface area contributed by atoms with Gasteiger partial charge in [-0.1, -0.05) is 26.0 Å². The van der Waals surface area contributed by atoms with Crippen LogP contribution in [0.3, 0.4) is 0 Å². The van der Waals surface area contributed by atoms with Gasteiger partial charge in [0.1, 0.15) is 0 Å². The molecule has 2 N–H and O–H groups in total. The standard InChI is InChI=1S/C15H21N5OS/c1-3-11-5-7-12(8-6-11)20-15(17-18-19-20)10-22-13(4-2)9-14(16)21/h5-8,13H,3-4,9-10H2,1-2H3,(H2,16,21). The average molecular weight is 319 g/mol. The first-order valence-corrected chi connectivity index (χ1v) is 8.45. The molecule has 0 aliphatic rings. The van der Waals surface area contributed by atoms with Crippen molar-refractivity contribution < 1.29 is 4.79 Å². The first-order chi connectivity index (χ1) is 10.6. The van der Waals surface area contributed by atoms with Crippen LogP contribution < -0.4 is 5.73 Å². The molecule has 1 unspecified atom stereocenters. The molecular weight excluding hydrogens is 298 g/mol. The Balaban J connectivity index is 2.06. The summed E-state index contributed by atoms with van der Waals surface area (Å²) < 4.78 is 1.74. The predicted octanol–water partition coefficient (Wildman–Crippen LogP) is 2.11. The van der Waals surface area contributed by atoms with Crippen molar-refractivity contribution >= 4 is 17.7 Å². The molecule has 2 rings (SSSR count). The van der Waals surface area contributed by atoms with Crippen molar-refractivity contribution in [1.29, 1.82) is 0 Å². The monoisotopic (exact) mass is 319 g/mol. The molecule has 6 nitrogen and oxygen atoms in total. The van der Waals surface area contributed by atoms with Crippen molar-refractivity contribution in [3.05, 3.63) is 35.7 Å². The van der Waals surface area contributed by atoms with Crippen LogP contribution in [-0.2, 0) is 17.0 Å². The number of hydrogen-bond acceptors (Lipinski definition) is 5. The second-order valence-electron chi connectivity index (χ2n) is 5.04. The summed E-state index contributed by atoms with van der Waals surface area (Å²) in [6.07, 6.45) is 2.28. The van der Waals surface area contributed by atoms with Gasteiger partial charge in [-0.3, -0.25) is 4.79 Å². The fourth-order valence-electron chi connectivity index (χ4n) is 2.11. The second kappa shape index (κ2) is 7.93. The maximum absolute atomic E-state index is 11.0. The van der Waals surface area contributed by atoms with Gasteiger partial charge in [-0.15, -0.1) is 16.9 Å². The van der Waals surface area contributed by atoms with E-state index in [9.17, 15) is 4.79 Å². The molecule has 0 saturated heterocycles. The van der Waals surface area contributed by atoms with Crippen molar-refractivity contribution in [3.63, 3.8) is 0 Å². The Morgan fingerprint density at radius 3 is 2.64 bits per heavy atom. The molecular formula is C15H21N5OS. The molecule has 22 heavy (non-hydrogen) atoms. The second-order valence-corrected chi connectivity index (χ2v) is 6.33. The summed E-state index contributed by atoms with van der Waals surface area (Å²) >= 11 is 1.66. The van der Waals surface area contributed by atoms with Crippen LogP contribution in [-0.4, -0.2) is 31.4 Å². The van der Waals surface area contributed by atoms with E-state index in [-0.39, 0.29) is 11.2 Å². The molecule has 1 atom stereocenters. The Morgan fingerprint density at radius 1 is 1.32 bits per heavy atom. The van der Waals surface area contributed by atoms with E-state index < -0.39 is 0 Å². The molecule has 0 aliphatic heterocycles. The molecule has 118 valence electrons. The predicted molar refractivity (Wildman–Crippen MR) is 87.7 cm³/mol. The van der Waals surface area contributed by atoms with Crippen LogP contribution in [0, 0.1) is 0 Å². The van der Waals surface area contributed by atoms with Gasteiger partial charge in [0.05, 0.1) is 11.4 Å². The number of rotatable bonds is 8. The number of amides is 1. The largest absolute Gasteiger partial charge is 0.370 e. The summed E-state index contributed by atoms with van der Waals surface area (Å²) in [4.78, 5) is 11.0. The molecule has 0 radical (unpaired) electrons. The summed E-state index contributed by atoms with van der Waals surface area (Å²) in [7, 11) is 0. The number of aryl methyl sites for hydroxylation is 1. The molecule has 0 saturated carbocycles. The highest BCUT2D eigenvalue weighted by Gasteiger charge is 2.14. The van der Waals surface area contributed by atoms with Gasteiger partial charge in [-0.25, -0.2) is 0 Å². The van der Waals surface area contributed by atoms with Gasteiger partial charge in [0, 0.05) is 11.7 Å². The van der Waals surface area contributed by atoms with Crippen LogP contribution in [0.25, 0.3) is 5.69 Å². The minimum absolute atomic E-state index is 0.199. The molecule has 0 aliphatic carbocycles. The smallest absolute Gasteiger partial charge is 0.218 e. The number of tetrazole rings is 1. The molecule has 2 aromatic rings. The molecule has 1 aromatic carbocycles. The van der Waals surface area contributed by atoms with E-state index in [4.69, 9.17) is 5.73 Å². The Morgan fingerprint density at radius 2 is 2.05 bits per heavy atom. The summed E-state index contributed by atoms with van der Waals surface area (Å²) in [5.41, 5.74) is 7.49. The highest BCUT2D eigenvalue weighted by molar-refractivity contribution is 7.99. The summed E-state index contributed by atoms with van der Waals surface area (Å²) in [6.45, 7) is 4.17. The average Bonchev–Trinajstić information content (AvgIpc) is 2.99. The minimum atomic E-state index is -0.269. The van der Waals surface area contributed by atoms with E-state index in [1.165, 1.54) is 5.56 Å². The highest BCUT2D eigenvalue weighted by atomic mass is 32.2. The highest BCUT2D eigenvalue weighted by Crippen LogP contribution is 2.22. The lowest BCUT2D eigenvalue weighted by molar-refractivity contribution is -0.118. The number of thioether (sulfide) groups is 1. The Labute approximate surface area is 134 Å². The van der Waals surface area contributed by atoms with Gasteiger partial charge in [-0.2, -0.15) is 4.68 Å². The molecule has 1 aromatic heterocycles. The van der Waals surface area contributed by atoms with Crippen LogP contribution in [0.2, 0.25) is 0 Å². The van der Waals surface area contributed by atoms with Crippen LogP contribution in [0.1, 0.15) is 38.1 Å². The van der Waals surface area contributed by atoms with Crippen molar-refractivity contribution in [1.82, 2.24) is 20.2 Å². The maximum Gasteiger partial charge on any atom is 0.218 e. The Hall–Kier alpha value is -1.89.